The summed E-state index contributed by atoms with van der Waals surface area (Å²) in [7, 11) is 5.99. The number of rotatable bonds is 5. The van der Waals surface area contributed by atoms with Crippen molar-refractivity contribution >= 4 is 5.69 Å². The van der Waals surface area contributed by atoms with Crippen LogP contribution in [0.25, 0.3) is 0 Å². The average molecular weight is 225 g/mol. The summed E-state index contributed by atoms with van der Waals surface area (Å²) in [6.07, 6.45) is 0. The van der Waals surface area contributed by atoms with Crippen LogP contribution in [0.2, 0.25) is 0 Å². The van der Waals surface area contributed by atoms with Crippen LogP contribution in [0, 0.1) is 5.82 Å². The van der Waals surface area contributed by atoms with Gasteiger partial charge in [0, 0.05) is 32.4 Å². The quantitative estimate of drug-likeness (QED) is 0.819. The van der Waals surface area contributed by atoms with Crippen LogP contribution in [-0.4, -0.2) is 39.1 Å². The van der Waals surface area contributed by atoms with Crippen molar-refractivity contribution < 1.29 is 4.39 Å². The van der Waals surface area contributed by atoms with Gasteiger partial charge in [0.25, 0.3) is 0 Å². The molecule has 0 amide bonds. The number of likely N-dealkylation sites (N-methyl/N-ethyl adjacent to an activating group) is 2. The van der Waals surface area contributed by atoms with Crippen molar-refractivity contribution in [2.75, 3.05) is 39.1 Å². The molecule has 90 valence electrons. The molecule has 4 heteroatoms. The zero-order valence-electron chi connectivity index (χ0n) is 10.2. The topological polar surface area (TPSA) is 32.5 Å². The van der Waals surface area contributed by atoms with Gasteiger partial charge in [0.05, 0.1) is 0 Å². The normalized spacial score (nSPS) is 10.9. The molecule has 1 aromatic rings. The molecule has 0 aliphatic heterocycles. The first kappa shape index (κ1) is 12.9. The Balaban J connectivity index is 2.74. The zero-order chi connectivity index (χ0) is 12.1. The fourth-order valence-corrected chi connectivity index (χ4v) is 1.45. The van der Waals surface area contributed by atoms with Crippen molar-refractivity contribution in [3.63, 3.8) is 0 Å². The molecule has 0 radical (unpaired) electrons. The van der Waals surface area contributed by atoms with E-state index in [0.717, 1.165) is 24.3 Å². The predicted molar refractivity (Wildman–Crippen MR) is 66.1 cm³/mol. The second-order valence-electron chi connectivity index (χ2n) is 4.25. The summed E-state index contributed by atoms with van der Waals surface area (Å²) >= 11 is 0. The number of nitrogens with zero attached hydrogens (tertiary/aromatic N) is 2. The van der Waals surface area contributed by atoms with Crippen LogP contribution in [0.15, 0.2) is 18.2 Å². The molecule has 0 spiro atoms. The van der Waals surface area contributed by atoms with Gasteiger partial charge in [-0.15, -0.1) is 0 Å². The summed E-state index contributed by atoms with van der Waals surface area (Å²) < 4.78 is 13.3. The molecule has 0 unspecified atom stereocenters. The lowest BCUT2D eigenvalue weighted by atomic mass is 10.2. The average Bonchev–Trinajstić information content (AvgIpc) is 2.24. The number of nitrogens with two attached hydrogens (primary N) is 1. The van der Waals surface area contributed by atoms with E-state index in [-0.39, 0.29) is 5.82 Å². The number of benzene rings is 1. The smallest absolute Gasteiger partial charge is 0.125 e. The van der Waals surface area contributed by atoms with Crippen LogP contribution in [0.3, 0.4) is 0 Å². The second kappa shape index (κ2) is 5.82. The largest absolute Gasteiger partial charge is 0.373 e. The lowest BCUT2D eigenvalue weighted by molar-refractivity contribution is 0.416. The monoisotopic (exact) mass is 225 g/mol. The Morgan fingerprint density at radius 1 is 1.12 bits per heavy atom. The van der Waals surface area contributed by atoms with Gasteiger partial charge in [-0.1, -0.05) is 0 Å². The first-order valence-electron chi connectivity index (χ1n) is 5.38. The highest BCUT2D eigenvalue weighted by molar-refractivity contribution is 5.48. The van der Waals surface area contributed by atoms with Crippen molar-refractivity contribution in [2.24, 2.45) is 5.73 Å². The van der Waals surface area contributed by atoms with Crippen molar-refractivity contribution in [3.05, 3.63) is 29.6 Å². The van der Waals surface area contributed by atoms with Gasteiger partial charge in [-0.3, -0.25) is 0 Å². The molecule has 0 saturated heterocycles. The van der Waals surface area contributed by atoms with Crippen molar-refractivity contribution in [3.8, 4) is 0 Å². The van der Waals surface area contributed by atoms with Crippen LogP contribution in [0.4, 0.5) is 10.1 Å². The summed E-state index contributed by atoms with van der Waals surface area (Å²) in [5, 5.41) is 0. The molecule has 0 aromatic heterocycles. The van der Waals surface area contributed by atoms with E-state index in [1.807, 2.05) is 32.1 Å². The highest BCUT2D eigenvalue weighted by Crippen LogP contribution is 2.17. The van der Waals surface area contributed by atoms with E-state index in [1.54, 1.807) is 0 Å². The van der Waals surface area contributed by atoms with Gasteiger partial charge >= 0.3 is 0 Å². The third kappa shape index (κ3) is 3.79. The molecule has 1 aromatic carbocycles. The third-order valence-electron chi connectivity index (χ3n) is 2.50. The summed E-state index contributed by atoms with van der Waals surface area (Å²) in [6.45, 7) is 2.16. The van der Waals surface area contributed by atoms with Crippen molar-refractivity contribution in [1.29, 1.82) is 0 Å². The lowest BCUT2D eigenvalue weighted by Crippen LogP contribution is -2.28. The predicted octanol–water partition coefficient (Wildman–Crippen LogP) is 1.28. The van der Waals surface area contributed by atoms with Gasteiger partial charge in [-0.25, -0.2) is 4.39 Å². The Hall–Kier alpha value is -1.13. The van der Waals surface area contributed by atoms with E-state index in [0.29, 0.717) is 6.54 Å². The molecule has 0 saturated carbocycles. The highest BCUT2D eigenvalue weighted by Gasteiger charge is 2.05. The molecule has 0 heterocycles. The Kier molecular flexibility index (Phi) is 4.71. The molecule has 0 aliphatic carbocycles. The fourth-order valence-electron chi connectivity index (χ4n) is 1.45. The Morgan fingerprint density at radius 3 is 2.38 bits per heavy atom. The summed E-state index contributed by atoms with van der Waals surface area (Å²) in [6, 6.07) is 4.94. The van der Waals surface area contributed by atoms with E-state index >= 15 is 0 Å². The van der Waals surface area contributed by atoms with E-state index in [1.165, 1.54) is 12.1 Å². The van der Waals surface area contributed by atoms with Gasteiger partial charge < -0.3 is 15.5 Å². The van der Waals surface area contributed by atoms with Gasteiger partial charge in [0.2, 0.25) is 0 Å². The third-order valence-corrected chi connectivity index (χ3v) is 2.50. The van der Waals surface area contributed by atoms with E-state index in [4.69, 9.17) is 5.73 Å². The van der Waals surface area contributed by atoms with E-state index < -0.39 is 0 Å². The van der Waals surface area contributed by atoms with Gasteiger partial charge in [-0.05, 0) is 37.9 Å². The maximum absolute atomic E-state index is 13.3. The fraction of sp³-hybridized carbons (Fsp3) is 0.500. The van der Waals surface area contributed by atoms with Crippen LogP contribution >= 0.6 is 0 Å². The molecule has 3 nitrogen and oxygen atoms in total. The maximum Gasteiger partial charge on any atom is 0.125 e. The molecule has 0 atom stereocenters. The molecule has 16 heavy (non-hydrogen) atoms. The van der Waals surface area contributed by atoms with Crippen LogP contribution in [-0.2, 0) is 6.54 Å². The number of hydrogen-bond acceptors (Lipinski definition) is 3. The van der Waals surface area contributed by atoms with Crippen molar-refractivity contribution in [2.45, 2.75) is 6.54 Å². The molecule has 0 bridgehead atoms. The first-order valence-corrected chi connectivity index (χ1v) is 5.38. The number of anilines is 1. The maximum atomic E-state index is 13.3. The Bertz CT molecular complexity index is 339. The lowest BCUT2D eigenvalue weighted by Gasteiger charge is -2.22. The van der Waals surface area contributed by atoms with E-state index in [9.17, 15) is 4.39 Å². The first-order chi connectivity index (χ1) is 7.52. The molecule has 1 rings (SSSR count). The minimum Gasteiger partial charge on any atom is -0.373 e. The number of hydrogen-bond donors (Lipinski definition) is 1. The Labute approximate surface area is 96.6 Å². The second-order valence-corrected chi connectivity index (χ2v) is 4.25. The summed E-state index contributed by atoms with van der Waals surface area (Å²) in [4.78, 5) is 4.13. The van der Waals surface area contributed by atoms with Crippen molar-refractivity contribution in [1.82, 2.24) is 4.90 Å². The van der Waals surface area contributed by atoms with E-state index in [2.05, 4.69) is 4.90 Å². The SMILES string of the molecule is CN(C)CCN(C)c1cc(F)cc(CN)c1. The van der Waals surface area contributed by atoms with Crippen LogP contribution in [0.5, 0.6) is 0 Å². The van der Waals surface area contributed by atoms with Gasteiger partial charge in [0.1, 0.15) is 5.82 Å². The van der Waals surface area contributed by atoms with Crippen LogP contribution in [0.1, 0.15) is 5.56 Å². The summed E-state index contributed by atoms with van der Waals surface area (Å²) in [5.74, 6) is -0.227. The van der Waals surface area contributed by atoms with Crippen LogP contribution < -0.4 is 10.6 Å². The Morgan fingerprint density at radius 2 is 1.81 bits per heavy atom. The molecular weight excluding hydrogens is 205 g/mol. The molecular formula is C12H20FN3. The summed E-state index contributed by atoms with van der Waals surface area (Å²) in [5.41, 5.74) is 7.22. The standard InChI is InChI=1S/C12H20FN3/c1-15(2)4-5-16(3)12-7-10(9-14)6-11(13)8-12/h6-8H,4-5,9,14H2,1-3H3. The minimum absolute atomic E-state index is 0.227. The number of halogens is 1. The molecule has 0 aliphatic rings. The molecule has 2 N–H and O–H groups in total. The minimum atomic E-state index is -0.227. The van der Waals surface area contributed by atoms with Gasteiger partial charge in [-0.2, -0.15) is 0 Å². The highest BCUT2D eigenvalue weighted by atomic mass is 19.1. The zero-order valence-corrected chi connectivity index (χ0v) is 10.2. The van der Waals surface area contributed by atoms with Gasteiger partial charge in [0.15, 0.2) is 0 Å². The molecule has 0 fully saturated rings.